The Hall–Kier alpha value is -2.18. The van der Waals surface area contributed by atoms with Crippen LogP contribution in [0.15, 0.2) is 4.42 Å². The Morgan fingerprint density at radius 3 is 2.68 bits per heavy atom. The van der Waals surface area contributed by atoms with Gasteiger partial charge in [-0.3, -0.25) is 9.89 Å². The summed E-state index contributed by atoms with van der Waals surface area (Å²) < 4.78 is 5.57. The third kappa shape index (κ3) is 2.40. The second-order valence-electron chi connectivity index (χ2n) is 5.97. The molecule has 7 nitrogen and oxygen atoms in total. The number of amides is 1. The maximum atomic E-state index is 12.8. The number of aryl methyl sites for hydroxylation is 2. The Balaban J connectivity index is 1.85. The first-order valence-corrected chi connectivity index (χ1v) is 7.61. The molecule has 0 radical (unpaired) electrons. The van der Waals surface area contributed by atoms with Crippen LogP contribution in [0.25, 0.3) is 0 Å². The third-order valence-corrected chi connectivity index (χ3v) is 4.56. The number of hydrogen-bond donors (Lipinski definition) is 1. The fourth-order valence-corrected chi connectivity index (χ4v) is 3.05. The molecule has 0 aromatic carbocycles. The minimum atomic E-state index is -0.0321. The SMILES string of the molecule is Cc1nnc([C@H]2CCCN(C(=O)c3n[nH]c(C)c3C)[C@H]2C)o1. The van der Waals surface area contributed by atoms with E-state index < -0.39 is 0 Å². The molecule has 0 aliphatic carbocycles. The van der Waals surface area contributed by atoms with E-state index in [1.807, 2.05) is 25.7 Å². The van der Waals surface area contributed by atoms with E-state index in [4.69, 9.17) is 4.42 Å². The molecule has 1 aliphatic heterocycles. The summed E-state index contributed by atoms with van der Waals surface area (Å²) in [6.07, 6.45) is 1.87. The van der Waals surface area contributed by atoms with Crippen LogP contribution in [0.2, 0.25) is 0 Å². The molecule has 1 saturated heterocycles. The molecule has 2 atom stereocenters. The molecule has 7 heteroatoms. The van der Waals surface area contributed by atoms with E-state index in [2.05, 4.69) is 20.4 Å². The second-order valence-corrected chi connectivity index (χ2v) is 5.97. The zero-order chi connectivity index (χ0) is 15.9. The smallest absolute Gasteiger partial charge is 0.274 e. The number of nitrogens with one attached hydrogen (secondary N) is 1. The van der Waals surface area contributed by atoms with Crippen molar-refractivity contribution in [2.45, 2.75) is 52.5 Å². The van der Waals surface area contributed by atoms with Gasteiger partial charge in [-0.1, -0.05) is 0 Å². The van der Waals surface area contributed by atoms with E-state index in [9.17, 15) is 4.79 Å². The first kappa shape index (κ1) is 14.7. The zero-order valence-electron chi connectivity index (χ0n) is 13.4. The van der Waals surface area contributed by atoms with Crippen molar-refractivity contribution >= 4 is 5.91 Å². The summed E-state index contributed by atoms with van der Waals surface area (Å²) in [6, 6.07) is 0.0116. The van der Waals surface area contributed by atoms with Crippen molar-refractivity contribution < 1.29 is 9.21 Å². The summed E-state index contributed by atoms with van der Waals surface area (Å²) >= 11 is 0. The highest BCUT2D eigenvalue weighted by molar-refractivity contribution is 5.94. The maximum Gasteiger partial charge on any atom is 0.274 e. The van der Waals surface area contributed by atoms with Crippen molar-refractivity contribution in [3.63, 3.8) is 0 Å². The van der Waals surface area contributed by atoms with Gasteiger partial charge in [0.2, 0.25) is 11.8 Å². The van der Waals surface area contributed by atoms with E-state index in [0.29, 0.717) is 17.5 Å². The van der Waals surface area contributed by atoms with Gasteiger partial charge in [0.1, 0.15) is 0 Å². The summed E-state index contributed by atoms with van der Waals surface area (Å²) in [5.74, 6) is 1.23. The predicted molar refractivity (Wildman–Crippen MR) is 79.6 cm³/mol. The maximum absolute atomic E-state index is 12.8. The number of nitrogens with zero attached hydrogens (tertiary/aromatic N) is 4. The van der Waals surface area contributed by atoms with Crippen LogP contribution in [0.4, 0.5) is 0 Å². The van der Waals surface area contributed by atoms with Crippen molar-refractivity contribution in [1.29, 1.82) is 0 Å². The van der Waals surface area contributed by atoms with E-state index in [-0.39, 0.29) is 17.9 Å². The van der Waals surface area contributed by atoms with Gasteiger partial charge in [-0.25, -0.2) is 0 Å². The molecule has 0 spiro atoms. The average Bonchev–Trinajstić information content (AvgIpc) is 3.06. The molecular weight excluding hydrogens is 282 g/mol. The molecule has 0 unspecified atom stereocenters. The molecule has 22 heavy (non-hydrogen) atoms. The molecule has 1 fully saturated rings. The number of carbonyl (C=O) groups is 1. The van der Waals surface area contributed by atoms with Crippen LogP contribution in [0, 0.1) is 20.8 Å². The number of aromatic nitrogens is 4. The number of H-pyrrole nitrogens is 1. The number of likely N-dealkylation sites (tertiary alicyclic amines) is 1. The summed E-state index contributed by atoms with van der Waals surface area (Å²) in [5, 5.41) is 15.1. The minimum Gasteiger partial charge on any atom is -0.425 e. The molecular formula is C15H21N5O2. The first-order chi connectivity index (χ1) is 10.5. The summed E-state index contributed by atoms with van der Waals surface area (Å²) in [4.78, 5) is 14.7. The fraction of sp³-hybridized carbons (Fsp3) is 0.600. The van der Waals surface area contributed by atoms with Crippen molar-refractivity contribution in [2.75, 3.05) is 6.54 Å². The number of piperidine rings is 1. The molecule has 1 N–H and O–H groups in total. The van der Waals surface area contributed by atoms with Gasteiger partial charge < -0.3 is 9.32 Å². The molecule has 3 rings (SSSR count). The van der Waals surface area contributed by atoms with Gasteiger partial charge in [0, 0.05) is 30.8 Å². The van der Waals surface area contributed by atoms with Crippen molar-refractivity contribution in [1.82, 2.24) is 25.3 Å². The Bertz CT molecular complexity index is 690. The Kier molecular flexibility index (Phi) is 3.72. The lowest BCUT2D eigenvalue weighted by molar-refractivity contribution is 0.0575. The molecule has 3 heterocycles. The van der Waals surface area contributed by atoms with Crippen LogP contribution in [-0.4, -0.2) is 43.8 Å². The number of hydrogen-bond acceptors (Lipinski definition) is 5. The third-order valence-electron chi connectivity index (χ3n) is 4.56. The van der Waals surface area contributed by atoms with Gasteiger partial charge >= 0.3 is 0 Å². The Labute approximate surface area is 129 Å². The number of carbonyl (C=O) groups excluding carboxylic acids is 1. The molecule has 1 amide bonds. The molecule has 2 aromatic heterocycles. The lowest BCUT2D eigenvalue weighted by atomic mass is 9.89. The minimum absolute atomic E-state index is 0.0116. The van der Waals surface area contributed by atoms with E-state index in [0.717, 1.165) is 30.6 Å². The van der Waals surface area contributed by atoms with E-state index in [1.165, 1.54) is 0 Å². The quantitative estimate of drug-likeness (QED) is 0.918. The highest BCUT2D eigenvalue weighted by Crippen LogP contribution is 2.32. The monoisotopic (exact) mass is 303 g/mol. The number of aromatic amines is 1. The topological polar surface area (TPSA) is 87.9 Å². The van der Waals surface area contributed by atoms with Crippen LogP contribution >= 0.6 is 0 Å². The molecule has 118 valence electrons. The highest BCUT2D eigenvalue weighted by Gasteiger charge is 2.36. The van der Waals surface area contributed by atoms with Crippen LogP contribution in [0.1, 0.15) is 59.2 Å². The summed E-state index contributed by atoms with van der Waals surface area (Å²) in [6.45, 7) is 8.39. The fourth-order valence-electron chi connectivity index (χ4n) is 3.05. The van der Waals surface area contributed by atoms with Crippen LogP contribution in [0.5, 0.6) is 0 Å². The van der Waals surface area contributed by atoms with Crippen molar-refractivity contribution in [3.05, 3.63) is 28.7 Å². The van der Waals surface area contributed by atoms with E-state index >= 15 is 0 Å². The number of rotatable bonds is 2. The predicted octanol–water partition coefficient (Wildman–Crippen LogP) is 2.13. The first-order valence-electron chi connectivity index (χ1n) is 7.61. The van der Waals surface area contributed by atoms with Crippen LogP contribution in [0.3, 0.4) is 0 Å². The van der Waals surface area contributed by atoms with Crippen LogP contribution < -0.4 is 0 Å². The highest BCUT2D eigenvalue weighted by atomic mass is 16.4. The van der Waals surface area contributed by atoms with Gasteiger partial charge in [0.15, 0.2) is 5.69 Å². The van der Waals surface area contributed by atoms with Crippen molar-refractivity contribution in [3.8, 4) is 0 Å². The normalized spacial score (nSPS) is 22.1. The standard InChI is InChI=1S/C15H21N5O2/c1-8-9(2)16-18-13(8)15(21)20-7-5-6-12(10(20)3)14-19-17-11(4)22-14/h10,12H,5-7H2,1-4H3,(H,16,18)/t10-,12-/m0/s1. The van der Waals surface area contributed by atoms with E-state index in [1.54, 1.807) is 6.92 Å². The molecule has 0 saturated carbocycles. The van der Waals surface area contributed by atoms with Gasteiger partial charge in [-0.2, -0.15) is 5.10 Å². The summed E-state index contributed by atoms with van der Waals surface area (Å²) in [5.41, 5.74) is 2.34. The van der Waals surface area contributed by atoms with Crippen LogP contribution in [-0.2, 0) is 0 Å². The Morgan fingerprint density at radius 2 is 2.09 bits per heavy atom. The molecule has 0 bridgehead atoms. The Morgan fingerprint density at radius 1 is 1.32 bits per heavy atom. The van der Waals surface area contributed by atoms with Gasteiger partial charge in [-0.05, 0) is 33.6 Å². The average molecular weight is 303 g/mol. The second kappa shape index (κ2) is 5.55. The molecule has 1 aliphatic rings. The zero-order valence-corrected chi connectivity index (χ0v) is 13.4. The summed E-state index contributed by atoms with van der Waals surface area (Å²) in [7, 11) is 0. The lowest BCUT2D eigenvalue weighted by Crippen LogP contribution is -2.46. The largest absolute Gasteiger partial charge is 0.425 e. The molecule has 2 aromatic rings. The van der Waals surface area contributed by atoms with Gasteiger partial charge in [-0.15, -0.1) is 10.2 Å². The van der Waals surface area contributed by atoms with Crippen molar-refractivity contribution in [2.24, 2.45) is 0 Å². The van der Waals surface area contributed by atoms with Gasteiger partial charge in [0.05, 0.1) is 5.92 Å². The van der Waals surface area contributed by atoms with Gasteiger partial charge in [0.25, 0.3) is 5.91 Å². The lowest BCUT2D eigenvalue weighted by Gasteiger charge is -2.37.